The van der Waals surface area contributed by atoms with Gasteiger partial charge in [0, 0.05) is 5.56 Å². The number of amides is 1. The molecule has 0 saturated carbocycles. The van der Waals surface area contributed by atoms with Crippen molar-refractivity contribution in [1.29, 1.82) is 0 Å². The van der Waals surface area contributed by atoms with E-state index in [4.69, 9.17) is 9.84 Å². The lowest BCUT2D eigenvalue weighted by molar-refractivity contribution is -0.142. The van der Waals surface area contributed by atoms with E-state index in [0.717, 1.165) is 5.56 Å². The van der Waals surface area contributed by atoms with Crippen LogP contribution in [0.5, 0.6) is 5.75 Å². The second-order valence-electron chi connectivity index (χ2n) is 4.59. The molecule has 0 fully saturated rings. The Hall–Kier alpha value is -2.04. The quantitative estimate of drug-likeness (QED) is 0.844. The standard InChI is InChI=1S/C14H17NO4/c1-2-5-11(14(17)18)15-13(16)10-8-19-12-7-4-3-6-9(10)12/h3-4,6-7,10-11H,2,5,8H2,1H3,(H,15,16)(H,17,18)/t10?,11-/m1/s1. The highest BCUT2D eigenvalue weighted by Gasteiger charge is 2.32. The van der Waals surface area contributed by atoms with Crippen molar-refractivity contribution in [3.8, 4) is 5.75 Å². The van der Waals surface area contributed by atoms with Gasteiger partial charge in [0.2, 0.25) is 5.91 Å². The van der Waals surface area contributed by atoms with Crippen molar-refractivity contribution in [3.63, 3.8) is 0 Å². The zero-order valence-electron chi connectivity index (χ0n) is 10.8. The number of carbonyl (C=O) groups excluding carboxylic acids is 1. The first-order valence-corrected chi connectivity index (χ1v) is 6.38. The smallest absolute Gasteiger partial charge is 0.326 e. The maximum atomic E-state index is 12.1. The average Bonchev–Trinajstić information content (AvgIpc) is 2.81. The minimum atomic E-state index is -0.998. The summed E-state index contributed by atoms with van der Waals surface area (Å²) in [6.45, 7) is 2.15. The van der Waals surface area contributed by atoms with Crippen molar-refractivity contribution >= 4 is 11.9 Å². The molecule has 102 valence electrons. The third-order valence-corrected chi connectivity index (χ3v) is 3.21. The Kier molecular flexibility index (Phi) is 4.04. The predicted molar refractivity (Wildman–Crippen MR) is 69.2 cm³/mol. The fraction of sp³-hybridized carbons (Fsp3) is 0.429. The second kappa shape index (κ2) is 5.73. The van der Waals surface area contributed by atoms with Crippen LogP contribution in [0.15, 0.2) is 24.3 Å². The fourth-order valence-electron chi connectivity index (χ4n) is 2.20. The largest absolute Gasteiger partial charge is 0.492 e. The first kappa shape index (κ1) is 13.4. The Balaban J connectivity index is 2.07. The minimum Gasteiger partial charge on any atom is -0.492 e. The molecule has 1 aromatic rings. The number of rotatable bonds is 5. The molecule has 0 radical (unpaired) electrons. The summed E-state index contributed by atoms with van der Waals surface area (Å²) >= 11 is 0. The van der Waals surface area contributed by atoms with Gasteiger partial charge in [0.15, 0.2) is 0 Å². The molecule has 0 saturated heterocycles. The Bertz CT molecular complexity index is 486. The number of para-hydroxylation sites is 1. The van der Waals surface area contributed by atoms with Crippen LogP contribution in [0.25, 0.3) is 0 Å². The number of benzene rings is 1. The van der Waals surface area contributed by atoms with Gasteiger partial charge in [-0.1, -0.05) is 31.5 Å². The van der Waals surface area contributed by atoms with Crippen molar-refractivity contribution in [3.05, 3.63) is 29.8 Å². The van der Waals surface area contributed by atoms with E-state index in [1.165, 1.54) is 0 Å². The van der Waals surface area contributed by atoms with Crippen LogP contribution in [0.3, 0.4) is 0 Å². The maximum absolute atomic E-state index is 12.1. The van der Waals surface area contributed by atoms with Gasteiger partial charge in [-0.25, -0.2) is 4.79 Å². The van der Waals surface area contributed by atoms with Crippen LogP contribution in [0.2, 0.25) is 0 Å². The summed E-state index contributed by atoms with van der Waals surface area (Å²) in [6.07, 6.45) is 1.13. The number of carboxylic acid groups (broad SMARTS) is 1. The van der Waals surface area contributed by atoms with Crippen LogP contribution in [0.4, 0.5) is 0 Å². The highest BCUT2D eigenvalue weighted by Crippen LogP contribution is 2.33. The van der Waals surface area contributed by atoms with Crippen LogP contribution in [-0.4, -0.2) is 29.6 Å². The topological polar surface area (TPSA) is 75.6 Å². The molecular formula is C14H17NO4. The van der Waals surface area contributed by atoms with E-state index >= 15 is 0 Å². The molecule has 1 aliphatic rings. The number of fused-ring (bicyclic) bond motifs is 1. The number of aliphatic carboxylic acids is 1. The highest BCUT2D eigenvalue weighted by molar-refractivity contribution is 5.89. The number of carboxylic acids is 1. The summed E-state index contributed by atoms with van der Waals surface area (Å²) < 4.78 is 5.43. The lowest BCUT2D eigenvalue weighted by atomic mass is 10.00. The lowest BCUT2D eigenvalue weighted by Crippen LogP contribution is -2.43. The van der Waals surface area contributed by atoms with Crippen molar-refractivity contribution in [2.24, 2.45) is 0 Å². The van der Waals surface area contributed by atoms with Gasteiger partial charge in [-0.05, 0) is 12.5 Å². The molecule has 19 heavy (non-hydrogen) atoms. The van der Waals surface area contributed by atoms with E-state index in [1.54, 1.807) is 0 Å². The second-order valence-corrected chi connectivity index (χ2v) is 4.59. The van der Waals surface area contributed by atoms with Gasteiger partial charge >= 0.3 is 5.97 Å². The number of hydrogen-bond donors (Lipinski definition) is 2. The molecule has 0 aliphatic carbocycles. The van der Waals surface area contributed by atoms with Crippen LogP contribution in [0.1, 0.15) is 31.2 Å². The monoisotopic (exact) mass is 263 g/mol. The van der Waals surface area contributed by atoms with Crippen molar-refractivity contribution in [1.82, 2.24) is 5.32 Å². The van der Waals surface area contributed by atoms with E-state index in [0.29, 0.717) is 18.6 Å². The molecule has 1 aromatic carbocycles. The van der Waals surface area contributed by atoms with Crippen LogP contribution in [0, 0.1) is 0 Å². The number of ether oxygens (including phenoxy) is 1. The molecule has 2 atom stereocenters. The van der Waals surface area contributed by atoms with Gasteiger partial charge in [-0.15, -0.1) is 0 Å². The molecule has 1 amide bonds. The van der Waals surface area contributed by atoms with Gasteiger partial charge < -0.3 is 15.2 Å². The van der Waals surface area contributed by atoms with Gasteiger partial charge in [-0.3, -0.25) is 4.79 Å². The third-order valence-electron chi connectivity index (χ3n) is 3.21. The van der Waals surface area contributed by atoms with E-state index < -0.39 is 17.9 Å². The minimum absolute atomic E-state index is 0.268. The SMILES string of the molecule is CCC[C@@H](NC(=O)C1COc2ccccc21)C(=O)O. The Morgan fingerprint density at radius 1 is 1.47 bits per heavy atom. The van der Waals surface area contributed by atoms with Crippen LogP contribution in [-0.2, 0) is 9.59 Å². The van der Waals surface area contributed by atoms with Crippen LogP contribution < -0.4 is 10.1 Å². The molecule has 5 heteroatoms. The van der Waals surface area contributed by atoms with E-state index in [9.17, 15) is 9.59 Å². The van der Waals surface area contributed by atoms with Gasteiger partial charge in [0.25, 0.3) is 0 Å². The Morgan fingerprint density at radius 2 is 2.21 bits per heavy atom. The van der Waals surface area contributed by atoms with Crippen molar-refractivity contribution in [2.45, 2.75) is 31.7 Å². The number of carbonyl (C=O) groups is 2. The van der Waals surface area contributed by atoms with E-state index in [1.807, 2.05) is 31.2 Å². The molecule has 1 aliphatic heterocycles. The molecule has 5 nitrogen and oxygen atoms in total. The summed E-state index contributed by atoms with van der Waals surface area (Å²) in [5, 5.41) is 11.6. The molecule has 1 heterocycles. The lowest BCUT2D eigenvalue weighted by Gasteiger charge is -2.16. The highest BCUT2D eigenvalue weighted by atomic mass is 16.5. The summed E-state index contributed by atoms with van der Waals surface area (Å²) in [7, 11) is 0. The van der Waals surface area contributed by atoms with E-state index in [2.05, 4.69) is 5.32 Å². The molecule has 0 spiro atoms. The third kappa shape index (κ3) is 2.86. The summed E-state index contributed by atoms with van der Waals surface area (Å²) in [6, 6.07) is 6.50. The Labute approximate surface area is 111 Å². The zero-order valence-corrected chi connectivity index (χ0v) is 10.8. The van der Waals surface area contributed by atoms with Crippen molar-refractivity contribution in [2.75, 3.05) is 6.61 Å². The first-order chi connectivity index (χ1) is 9.13. The zero-order chi connectivity index (χ0) is 13.8. The van der Waals surface area contributed by atoms with Gasteiger partial charge in [-0.2, -0.15) is 0 Å². The van der Waals surface area contributed by atoms with Crippen LogP contribution >= 0.6 is 0 Å². The molecule has 0 bridgehead atoms. The predicted octanol–water partition coefficient (Wildman–Crippen LogP) is 1.53. The average molecular weight is 263 g/mol. The summed E-state index contributed by atoms with van der Waals surface area (Å²) in [5.74, 6) is -1.01. The normalized spacial score (nSPS) is 18.3. The molecular weight excluding hydrogens is 246 g/mol. The number of nitrogens with one attached hydrogen (secondary N) is 1. The summed E-state index contributed by atoms with van der Waals surface area (Å²) in [5.41, 5.74) is 0.820. The summed E-state index contributed by atoms with van der Waals surface area (Å²) in [4.78, 5) is 23.2. The molecule has 2 rings (SSSR count). The Morgan fingerprint density at radius 3 is 2.89 bits per heavy atom. The van der Waals surface area contributed by atoms with Gasteiger partial charge in [0.1, 0.15) is 24.3 Å². The molecule has 2 N–H and O–H groups in total. The first-order valence-electron chi connectivity index (χ1n) is 6.38. The number of hydrogen-bond acceptors (Lipinski definition) is 3. The fourth-order valence-corrected chi connectivity index (χ4v) is 2.20. The molecule has 0 aromatic heterocycles. The maximum Gasteiger partial charge on any atom is 0.326 e. The van der Waals surface area contributed by atoms with E-state index in [-0.39, 0.29) is 12.5 Å². The molecule has 1 unspecified atom stereocenters. The van der Waals surface area contributed by atoms with Crippen molar-refractivity contribution < 1.29 is 19.4 Å². The van der Waals surface area contributed by atoms with Gasteiger partial charge in [0.05, 0.1) is 0 Å².